The molecule has 0 aliphatic heterocycles. The van der Waals surface area contributed by atoms with Crippen molar-refractivity contribution >= 4 is 44.9 Å². The predicted octanol–water partition coefficient (Wildman–Crippen LogP) is 4.13. The molecule has 0 saturated heterocycles. The Bertz CT molecular complexity index is 744. The molecule has 1 unspecified atom stereocenters. The first kappa shape index (κ1) is 16.5. The SMILES string of the molecule is CC(C)CC(Nc1nc(Cl)nc2sc3c(c12)CCCC3)C(=O)O. The molecule has 0 bridgehead atoms. The van der Waals surface area contributed by atoms with E-state index in [0.717, 1.165) is 29.5 Å². The normalized spacial score (nSPS) is 15.7. The second-order valence-corrected chi connectivity index (χ2v) is 7.82. The zero-order valence-corrected chi connectivity index (χ0v) is 14.8. The second kappa shape index (κ2) is 6.61. The fourth-order valence-corrected chi connectivity index (χ4v) is 4.57. The van der Waals surface area contributed by atoms with E-state index in [2.05, 4.69) is 15.3 Å². The minimum Gasteiger partial charge on any atom is -0.480 e. The van der Waals surface area contributed by atoms with Gasteiger partial charge >= 0.3 is 5.97 Å². The number of hydrogen-bond donors (Lipinski definition) is 2. The number of hydrogen-bond acceptors (Lipinski definition) is 5. The summed E-state index contributed by atoms with van der Waals surface area (Å²) < 4.78 is 0. The average Bonchev–Trinajstić information content (AvgIpc) is 2.83. The van der Waals surface area contributed by atoms with Crippen LogP contribution in [0.25, 0.3) is 10.2 Å². The Morgan fingerprint density at radius 1 is 1.35 bits per heavy atom. The van der Waals surface area contributed by atoms with Gasteiger partial charge in [0.2, 0.25) is 5.28 Å². The van der Waals surface area contributed by atoms with Crippen LogP contribution >= 0.6 is 22.9 Å². The van der Waals surface area contributed by atoms with Crippen molar-refractivity contribution in [2.75, 3.05) is 5.32 Å². The van der Waals surface area contributed by atoms with Crippen molar-refractivity contribution in [3.63, 3.8) is 0 Å². The number of carbonyl (C=O) groups is 1. The van der Waals surface area contributed by atoms with Gasteiger partial charge in [-0.15, -0.1) is 11.3 Å². The predicted molar refractivity (Wildman–Crippen MR) is 93.6 cm³/mol. The molecule has 7 heteroatoms. The standard InChI is InChI=1S/C16H20ClN3O2S/c1-8(2)7-10(15(21)22)18-13-12-9-5-3-4-6-11(9)23-14(12)20-16(17)19-13/h8,10H,3-7H2,1-2H3,(H,21,22)(H,18,19,20). The Labute approximate surface area is 144 Å². The number of rotatable bonds is 5. The van der Waals surface area contributed by atoms with E-state index in [9.17, 15) is 9.90 Å². The quantitative estimate of drug-likeness (QED) is 0.790. The molecule has 124 valence electrons. The third kappa shape index (κ3) is 3.43. The van der Waals surface area contributed by atoms with Gasteiger partial charge in [-0.1, -0.05) is 13.8 Å². The van der Waals surface area contributed by atoms with Crippen LogP contribution in [0.3, 0.4) is 0 Å². The van der Waals surface area contributed by atoms with Gasteiger partial charge in [-0.05, 0) is 55.2 Å². The highest BCUT2D eigenvalue weighted by Gasteiger charge is 2.25. The van der Waals surface area contributed by atoms with Crippen LogP contribution in [-0.4, -0.2) is 27.1 Å². The van der Waals surface area contributed by atoms with Crippen molar-refractivity contribution in [2.24, 2.45) is 5.92 Å². The molecule has 3 rings (SSSR count). The summed E-state index contributed by atoms with van der Waals surface area (Å²) in [6.45, 7) is 4.01. The molecule has 1 aliphatic rings. The van der Waals surface area contributed by atoms with Crippen LogP contribution in [0.15, 0.2) is 0 Å². The molecule has 5 nitrogen and oxygen atoms in total. The van der Waals surface area contributed by atoms with Crippen LogP contribution in [0, 0.1) is 5.92 Å². The number of aromatic nitrogens is 2. The lowest BCUT2D eigenvalue weighted by Gasteiger charge is -2.18. The maximum Gasteiger partial charge on any atom is 0.326 e. The Hall–Kier alpha value is -1.40. The molecule has 0 amide bonds. The molecule has 2 aromatic rings. The third-order valence-electron chi connectivity index (χ3n) is 4.10. The van der Waals surface area contributed by atoms with E-state index in [1.807, 2.05) is 13.8 Å². The molecule has 2 aromatic heterocycles. The van der Waals surface area contributed by atoms with Crippen LogP contribution in [0.5, 0.6) is 0 Å². The van der Waals surface area contributed by atoms with E-state index in [1.165, 1.54) is 16.9 Å². The number of carboxylic acid groups (broad SMARTS) is 1. The number of aliphatic carboxylic acids is 1. The van der Waals surface area contributed by atoms with Gasteiger partial charge in [-0.25, -0.2) is 14.8 Å². The second-order valence-electron chi connectivity index (χ2n) is 6.40. The molecule has 0 spiro atoms. The van der Waals surface area contributed by atoms with Crippen LogP contribution < -0.4 is 5.32 Å². The lowest BCUT2D eigenvalue weighted by Crippen LogP contribution is -2.31. The first-order chi connectivity index (χ1) is 11.0. The fraction of sp³-hybridized carbons (Fsp3) is 0.562. The minimum absolute atomic E-state index is 0.160. The van der Waals surface area contributed by atoms with Crippen molar-refractivity contribution in [3.05, 3.63) is 15.7 Å². The first-order valence-corrected chi connectivity index (χ1v) is 9.12. The zero-order valence-electron chi connectivity index (χ0n) is 13.2. The maximum absolute atomic E-state index is 11.6. The van der Waals surface area contributed by atoms with Crippen LogP contribution in [0.1, 0.15) is 43.6 Å². The van der Waals surface area contributed by atoms with Gasteiger partial charge in [-0.2, -0.15) is 0 Å². The molecular formula is C16H20ClN3O2S. The number of nitrogens with zero attached hydrogens (tertiary/aromatic N) is 2. The minimum atomic E-state index is -0.870. The van der Waals surface area contributed by atoms with Crippen molar-refractivity contribution < 1.29 is 9.90 Å². The van der Waals surface area contributed by atoms with E-state index < -0.39 is 12.0 Å². The van der Waals surface area contributed by atoms with Crippen LogP contribution in [0.4, 0.5) is 5.82 Å². The van der Waals surface area contributed by atoms with Gasteiger partial charge in [0.1, 0.15) is 16.7 Å². The Balaban J connectivity index is 2.05. The third-order valence-corrected chi connectivity index (χ3v) is 5.46. The maximum atomic E-state index is 11.6. The van der Waals surface area contributed by atoms with E-state index in [4.69, 9.17) is 11.6 Å². The summed E-state index contributed by atoms with van der Waals surface area (Å²) in [5, 5.41) is 13.7. The summed E-state index contributed by atoms with van der Waals surface area (Å²) in [4.78, 5) is 22.4. The number of anilines is 1. The van der Waals surface area contributed by atoms with Crippen molar-refractivity contribution in [1.29, 1.82) is 0 Å². The molecule has 2 N–H and O–H groups in total. The van der Waals surface area contributed by atoms with E-state index in [1.54, 1.807) is 11.3 Å². The molecule has 23 heavy (non-hydrogen) atoms. The first-order valence-electron chi connectivity index (χ1n) is 7.93. The highest BCUT2D eigenvalue weighted by Crippen LogP contribution is 2.39. The van der Waals surface area contributed by atoms with Gasteiger partial charge in [0.25, 0.3) is 0 Å². The Morgan fingerprint density at radius 3 is 2.78 bits per heavy atom. The van der Waals surface area contributed by atoms with Crippen molar-refractivity contribution in [2.45, 2.75) is 52.0 Å². The Morgan fingerprint density at radius 2 is 2.09 bits per heavy atom. The highest BCUT2D eigenvalue weighted by molar-refractivity contribution is 7.19. The molecule has 2 heterocycles. The summed E-state index contributed by atoms with van der Waals surface area (Å²) in [6.07, 6.45) is 4.92. The molecule has 0 aromatic carbocycles. The number of thiophene rings is 1. The van der Waals surface area contributed by atoms with Crippen LogP contribution in [0.2, 0.25) is 5.28 Å². The average molecular weight is 354 g/mol. The lowest BCUT2D eigenvalue weighted by molar-refractivity contribution is -0.138. The largest absolute Gasteiger partial charge is 0.480 e. The van der Waals surface area contributed by atoms with Crippen LogP contribution in [-0.2, 0) is 17.6 Å². The topological polar surface area (TPSA) is 75.1 Å². The molecular weight excluding hydrogens is 334 g/mol. The number of halogens is 1. The molecule has 0 radical (unpaired) electrons. The summed E-state index contributed by atoms with van der Waals surface area (Å²) >= 11 is 7.71. The van der Waals surface area contributed by atoms with E-state index >= 15 is 0 Å². The summed E-state index contributed by atoms with van der Waals surface area (Å²) in [7, 11) is 0. The lowest BCUT2D eigenvalue weighted by atomic mass is 9.97. The Kier molecular flexibility index (Phi) is 4.73. The van der Waals surface area contributed by atoms with Crippen molar-refractivity contribution in [1.82, 2.24) is 9.97 Å². The van der Waals surface area contributed by atoms with Gasteiger partial charge in [-0.3, -0.25) is 0 Å². The van der Waals surface area contributed by atoms with Gasteiger partial charge in [0.15, 0.2) is 0 Å². The number of carboxylic acids is 1. The fourth-order valence-electron chi connectivity index (χ4n) is 3.09. The number of fused-ring (bicyclic) bond motifs is 3. The van der Waals surface area contributed by atoms with Gasteiger partial charge < -0.3 is 10.4 Å². The molecule has 1 aliphatic carbocycles. The van der Waals surface area contributed by atoms with Crippen molar-refractivity contribution in [3.8, 4) is 0 Å². The van der Waals surface area contributed by atoms with E-state index in [-0.39, 0.29) is 11.2 Å². The number of aryl methyl sites for hydroxylation is 2. The van der Waals surface area contributed by atoms with E-state index in [0.29, 0.717) is 12.2 Å². The number of nitrogens with one attached hydrogen (secondary N) is 1. The smallest absolute Gasteiger partial charge is 0.326 e. The monoisotopic (exact) mass is 353 g/mol. The summed E-state index contributed by atoms with van der Waals surface area (Å²) in [5.41, 5.74) is 1.27. The summed E-state index contributed by atoms with van der Waals surface area (Å²) in [5.74, 6) is -0.0362. The summed E-state index contributed by atoms with van der Waals surface area (Å²) in [6, 6.07) is -0.677. The molecule has 0 saturated carbocycles. The zero-order chi connectivity index (χ0) is 16.6. The highest BCUT2D eigenvalue weighted by atomic mass is 35.5. The van der Waals surface area contributed by atoms with Gasteiger partial charge in [0, 0.05) is 4.88 Å². The molecule has 1 atom stereocenters. The van der Waals surface area contributed by atoms with Gasteiger partial charge in [0.05, 0.1) is 5.39 Å². The molecule has 0 fully saturated rings.